The summed E-state index contributed by atoms with van der Waals surface area (Å²) >= 11 is 5.05. The van der Waals surface area contributed by atoms with E-state index >= 15 is 0 Å². The molecule has 5 nitrogen and oxygen atoms in total. The van der Waals surface area contributed by atoms with Crippen LogP contribution in [0.5, 0.6) is 5.75 Å². The first-order valence-electron chi connectivity index (χ1n) is 6.13. The second-order valence-electron chi connectivity index (χ2n) is 4.24. The number of hydrogen-bond acceptors (Lipinski definition) is 3. The number of amides is 1. The molecule has 1 saturated heterocycles. The van der Waals surface area contributed by atoms with Crippen LogP contribution < -0.4 is 20.3 Å². The monoisotopic (exact) mass is 279 g/mol. The molecular weight excluding hydrogens is 262 g/mol. The molecule has 1 aliphatic heterocycles. The molecule has 1 fully saturated rings. The van der Waals surface area contributed by atoms with Gasteiger partial charge in [-0.25, -0.2) is 0 Å². The molecule has 1 amide bonds. The summed E-state index contributed by atoms with van der Waals surface area (Å²) in [5.41, 5.74) is 1.64. The molecule has 0 atom stereocenters. The minimum absolute atomic E-state index is 0.143. The van der Waals surface area contributed by atoms with E-state index < -0.39 is 0 Å². The zero-order chi connectivity index (χ0) is 13.8. The van der Waals surface area contributed by atoms with Crippen LogP contribution in [0.25, 0.3) is 0 Å². The highest BCUT2D eigenvalue weighted by Crippen LogP contribution is 2.33. The highest BCUT2D eigenvalue weighted by atomic mass is 32.1. The Morgan fingerprint density at radius 1 is 1.47 bits per heavy atom. The van der Waals surface area contributed by atoms with E-state index in [9.17, 15) is 4.79 Å². The third kappa shape index (κ3) is 2.96. The van der Waals surface area contributed by atoms with E-state index in [0.717, 1.165) is 24.3 Å². The number of nitrogens with zero attached hydrogens (tertiary/aromatic N) is 1. The number of thiocarbonyl (C=S) groups is 1. The van der Waals surface area contributed by atoms with Gasteiger partial charge in [0.25, 0.3) is 0 Å². The number of ether oxygens (including phenoxy) is 1. The molecule has 19 heavy (non-hydrogen) atoms. The number of nitrogens with one attached hydrogen (secondary N) is 2. The van der Waals surface area contributed by atoms with Crippen LogP contribution in [0.4, 0.5) is 11.4 Å². The largest absolute Gasteiger partial charge is 0.494 e. The molecular formula is C13H17N3O2S. The van der Waals surface area contributed by atoms with Gasteiger partial charge in [0.1, 0.15) is 5.75 Å². The first-order chi connectivity index (χ1) is 9.15. The van der Waals surface area contributed by atoms with Crippen molar-refractivity contribution >= 4 is 34.6 Å². The van der Waals surface area contributed by atoms with Crippen molar-refractivity contribution in [2.24, 2.45) is 0 Å². The minimum Gasteiger partial charge on any atom is -0.494 e. The standard InChI is InChI=1S/C13H17N3O2S/c1-14-13(19)15-9-5-6-10(11(8-9)18-2)16-7-3-4-12(16)17/h5-6,8H,3-4,7H2,1-2H3,(H2,14,15,19). The summed E-state index contributed by atoms with van der Waals surface area (Å²) in [5, 5.41) is 6.41. The van der Waals surface area contributed by atoms with Crippen LogP contribution >= 0.6 is 12.2 Å². The normalized spacial score (nSPS) is 14.4. The number of carbonyl (C=O) groups is 1. The zero-order valence-electron chi connectivity index (χ0n) is 11.0. The Balaban J connectivity index is 2.26. The number of anilines is 2. The zero-order valence-corrected chi connectivity index (χ0v) is 11.8. The molecule has 0 radical (unpaired) electrons. The summed E-state index contributed by atoms with van der Waals surface area (Å²) in [6.45, 7) is 0.747. The minimum atomic E-state index is 0.143. The smallest absolute Gasteiger partial charge is 0.227 e. The maximum Gasteiger partial charge on any atom is 0.227 e. The van der Waals surface area contributed by atoms with Crippen molar-refractivity contribution in [3.8, 4) is 5.75 Å². The molecule has 1 aliphatic rings. The van der Waals surface area contributed by atoms with Crippen LogP contribution in [-0.4, -0.2) is 31.7 Å². The summed E-state index contributed by atoms with van der Waals surface area (Å²) in [6.07, 6.45) is 1.50. The van der Waals surface area contributed by atoms with Crippen molar-refractivity contribution in [2.75, 3.05) is 30.9 Å². The van der Waals surface area contributed by atoms with Gasteiger partial charge in [-0.15, -0.1) is 0 Å². The van der Waals surface area contributed by atoms with Gasteiger partial charge in [0.2, 0.25) is 5.91 Å². The summed E-state index contributed by atoms with van der Waals surface area (Å²) < 4.78 is 5.36. The number of hydrogen-bond donors (Lipinski definition) is 2. The molecule has 2 rings (SSSR count). The third-order valence-corrected chi connectivity index (χ3v) is 3.34. The molecule has 2 N–H and O–H groups in total. The van der Waals surface area contributed by atoms with E-state index in [1.807, 2.05) is 18.2 Å². The second kappa shape index (κ2) is 5.88. The third-order valence-electron chi connectivity index (χ3n) is 3.03. The first kappa shape index (κ1) is 13.6. The number of carbonyl (C=O) groups excluding carboxylic acids is 1. The van der Waals surface area contributed by atoms with Gasteiger partial charge in [0.15, 0.2) is 5.11 Å². The molecule has 0 bridgehead atoms. The second-order valence-corrected chi connectivity index (χ2v) is 4.65. The first-order valence-corrected chi connectivity index (χ1v) is 6.53. The Bertz CT molecular complexity index is 505. The number of benzene rings is 1. The van der Waals surface area contributed by atoms with Gasteiger partial charge in [-0.2, -0.15) is 0 Å². The fourth-order valence-corrected chi connectivity index (χ4v) is 2.19. The Morgan fingerprint density at radius 2 is 2.26 bits per heavy atom. The van der Waals surface area contributed by atoms with Crippen LogP contribution in [0.2, 0.25) is 0 Å². The molecule has 102 valence electrons. The highest BCUT2D eigenvalue weighted by Gasteiger charge is 2.24. The fourth-order valence-electron chi connectivity index (χ4n) is 2.07. The van der Waals surface area contributed by atoms with E-state index in [0.29, 0.717) is 17.3 Å². The lowest BCUT2D eigenvalue weighted by Gasteiger charge is -2.20. The molecule has 6 heteroatoms. The number of rotatable bonds is 3. The molecule has 0 unspecified atom stereocenters. The van der Waals surface area contributed by atoms with E-state index in [1.165, 1.54) is 0 Å². The van der Waals surface area contributed by atoms with Gasteiger partial charge < -0.3 is 20.3 Å². The molecule has 1 aromatic carbocycles. The van der Waals surface area contributed by atoms with Gasteiger partial charge in [-0.1, -0.05) is 0 Å². The maximum atomic E-state index is 11.8. The van der Waals surface area contributed by atoms with Crippen LogP contribution in [0.3, 0.4) is 0 Å². The van der Waals surface area contributed by atoms with Crippen LogP contribution in [-0.2, 0) is 4.79 Å². The van der Waals surface area contributed by atoms with E-state index in [2.05, 4.69) is 10.6 Å². The van der Waals surface area contributed by atoms with Gasteiger partial charge >= 0.3 is 0 Å². The SMILES string of the molecule is CNC(=S)Nc1ccc(N2CCCC2=O)c(OC)c1. The predicted octanol–water partition coefficient (Wildman–Crippen LogP) is 1.74. The summed E-state index contributed by atoms with van der Waals surface area (Å²) in [5.74, 6) is 0.809. The van der Waals surface area contributed by atoms with E-state index in [-0.39, 0.29) is 5.91 Å². The van der Waals surface area contributed by atoms with Crippen LogP contribution in [0.1, 0.15) is 12.8 Å². The van der Waals surface area contributed by atoms with Crippen molar-refractivity contribution in [3.05, 3.63) is 18.2 Å². The van der Waals surface area contributed by atoms with Gasteiger partial charge in [0, 0.05) is 31.8 Å². The predicted molar refractivity (Wildman–Crippen MR) is 79.9 cm³/mol. The quantitative estimate of drug-likeness (QED) is 0.825. The van der Waals surface area contributed by atoms with Gasteiger partial charge in [0.05, 0.1) is 12.8 Å². The maximum absolute atomic E-state index is 11.8. The molecule has 1 heterocycles. The van der Waals surface area contributed by atoms with Crippen LogP contribution in [0.15, 0.2) is 18.2 Å². The molecule has 0 aromatic heterocycles. The lowest BCUT2D eigenvalue weighted by molar-refractivity contribution is -0.117. The van der Waals surface area contributed by atoms with Crippen molar-refractivity contribution < 1.29 is 9.53 Å². The Labute approximate surface area is 117 Å². The molecule has 1 aromatic rings. The van der Waals surface area contributed by atoms with Crippen molar-refractivity contribution in [1.29, 1.82) is 0 Å². The van der Waals surface area contributed by atoms with Crippen molar-refractivity contribution in [1.82, 2.24) is 5.32 Å². The van der Waals surface area contributed by atoms with Crippen molar-refractivity contribution in [3.63, 3.8) is 0 Å². The molecule has 0 spiro atoms. The molecule has 0 saturated carbocycles. The Kier molecular flexibility index (Phi) is 4.21. The topological polar surface area (TPSA) is 53.6 Å². The lowest BCUT2D eigenvalue weighted by Crippen LogP contribution is -2.25. The van der Waals surface area contributed by atoms with E-state index in [1.54, 1.807) is 19.1 Å². The van der Waals surface area contributed by atoms with Gasteiger partial charge in [-0.3, -0.25) is 4.79 Å². The number of methoxy groups -OCH3 is 1. The average molecular weight is 279 g/mol. The fraction of sp³-hybridized carbons (Fsp3) is 0.385. The summed E-state index contributed by atoms with van der Waals surface area (Å²) in [6, 6.07) is 5.60. The summed E-state index contributed by atoms with van der Waals surface area (Å²) in [4.78, 5) is 13.5. The Hall–Kier alpha value is -1.82. The van der Waals surface area contributed by atoms with Crippen molar-refractivity contribution in [2.45, 2.75) is 12.8 Å². The highest BCUT2D eigenvalue weighted by molar-refractivity contribution is 7.80. The summed E-state index contributed by atoms with van der Waals surface area (Å²) in [7, 11) is 3.35. The molecule has 0 aliphatic carbocycles. The Morgan fingerprint density at radius 3 is 2.84 bits per heavy atom. The average Bonchev–Trinajstić information content (AvgIpc) is 2.84. The van der Waals surface area contributed by atoms with Crippen LogP contribution in [0, 0.1) is 0 Å². The lowest BCUT2D eigenvalue weighted by atomic mass is 10.2. The van der Waals surface area contributed by atoms with Gasteiger partial charge in [-0.05, 0) is 30.8 Å². The van der Waals surface area contributed by atoms with E-state index in [4.69, 9.17) is 17.0 Å².